The van der Waals surface area contributed by atoms with Crippen LogP contribution >= 0.6 is 0 Å². The number of aryl methyl sites for hydroxylation is 1. The molecule has 0 saturated heterocycles. The molecule has 0 fully saturated rings. The third kappa shape index (κ3) is 3.19. The highest BCUT2D eigenvalue weighted by Gasteiger charge is 2.04. The van der Waals surface area contributed by atoms with Crippen molar-refractivity contribution in [3.05, 3.63) is 54.0 Å². The molecular formula is C15H12N6O. The fraction of sp³-hybridized carbons (Fsp3) is 0.0667. The number of rotatable bonds is 4. The third-order valence-corrected chi connectivity index (χ3v) is 2.82. The van der Waals surface area contributed by atoms with Crippen molar-refractivity contribution in [3.8, 4) is 6.07 Å². The molecule has 0 radical (unpaired) electrons. The molecule has 0 aliphatic rings. The molecule has 0 saturated carbocycles. The molecule has 2 heterocycles. The summed E-state index contributed by atoms with van der Waals surface area (Å²) in [5.41, 5.74) is 1.36. The lowest BCUT2D eigenvalue weighted by Crippen LogP contribution is -1.98. The maximum Gasteiger partial charge on any atom is 0.175 e. The highest BCUT2D eigenvalue weighted by Crippen LogP contribution is 2.19. The predicted octanol–water partition coefficient (Wildman–Crippen LogP) is 3.13. The van der Waals surface area contributed by atoms with Gasteiger partial charge in [-0.15, -0.1) is 0 Å². The van der Waals surface area contributed by atoms with Crippen LogP contribution in [0.3, 0.4) is 0 Å². The van der Waals surface area contributed by atoms with Gasteiger partial charge >= 0.3 is 0 Å². The van der Waals surface area contributed by atoms with Crippen LogP contribution in [-0.4, -0.2) is 15.1 Å². The van der Waals surface area contributed by atoms with E-state index >= 15 is 0 Å². The molecule has 0 aliphatic heterocycles. The Hall–Kier alpha value is -3.40. The van der Waals surface area contributed by atoms with Crippen molar-refractivity contribution in [1.82, 2.24) is 15.1 Å². The molecule has 7 nitrogen and oxygen atoms in total. The Bertz CT molecular complexity index is 836. The summed E-state index contributed by atoms with van der Waals surface area (Å²) < 4.78 is 4.99. The zero-order chi connectivity index (χ0) is 15.4. The summed E-state index contributed by atoms with van der Waals surface area (Å²) in [5.74, 6) is 2.48. The van der Waals surface area contributed by atoms with E-state index < -0.39 is 0 Å². The molecular weight excluding hydrogens is 280 g/mol. The van der Waals surface area contributed by atoms with Gasteiger partial charge in [-0.05, 0) is 25.1 Å². The van der Waals surface area contributed by atoms with Gasteiger partial charge in [-0.2, -0.15) is 5.26 Å². The first-order chi connectivity index (χ1) is 10.7. The maximum absolute atomic E-state index is 8.91. The number of anilines is 4. The number of nitrogens with zero attached hydrogens (tertiary/aromatic N) is 4. The van der Waals surface area contributed by atoms with Gasteiger partial charge in [-0.3, -0.25) is 0 Å². The van der Waals surface area contributed by atoms with Crippen molar-refractivity contribution in [2.75, 3.05) is 10.6 Å². The molecule has 0 spiro atoms. The first-order valence-electron chi connectivity index (χ1n) is 6.52. The molecule has 0 atom stereocenters. The Kier molecular flexibility index (Phi) is 3.66. The average molecular weight is 292 g/mol. The lowest BCUT2D eigenvalue weighted by molar-refractivity contribution is 0.400. The van der Waals surface area contributed by atoms with Gasteiger partial charge in [0.2, 0.25) is 0 Å². The van der Waals surface area contributed by atoms with Gasteiger partial charge in [0, 0.05) is 17.8 Å². The second-order valence-corrected chi connectivity index (χ2v) is 4.55. The van der Waals surface area contributed by atoms with Crippen LogP contribution in [0.15, 0.2) is 47.2 Å². The zero-order valence-corrected chi connectivity index (χ0v) is 11.7. The number of benzene rings is 1. The Morgan fingerprint density at radius 2 is 1.86 bits per heavy atom. The Morgan fingerprint density at radius 3 is 2.59 bits per heavy atom. The highest BCUT2D eigenvalue weighted by atomic mass is 16.5. The molecule has 0 amide bonds. The van der Waals surface area contributed by atoms with Crippen molar-refractivity contribution in [3.63, 3.8) is 0 Å². The molecule has 3 rings (SSSR count). The van der Waals surface area contributed by atoms with E-state index in [0.29, 0.717) is 28.8 Å². The predicted molar refractivity (Wildman–Crippen MR) is 81.0 cm³/mol. The summed E-state index contributed by atoms with van der Waals surface area (Å²) >= 11 is 0. The molecule has 108 valence electrons. The van der Waals surface area contributed by atoms with Gasteiger partial charge in [0.1, 0.15) is 23.7 Å². The molecule has 2 N–H and O–H groups in total. The smallest absolute Gasteiger partial charge is 0.175 e. The first-order valence-corrected chi connectivity index (χ1v) is 6.52. The SMILES string of the molecule is Cc1cc(Nc2cc(Nc3cccc(C#N)c3)ncn2)no1. The summed E-state index contributed by atoms with van der Waals surface area (Å²) in [4.78, 5) is 8.27. The van der Waals surface area contributed by atoms with Crippen LogP contribution in [0, 0.1) is 18.3 Å². The first kappa shape index (κ1) is 13.6. The molecule has 1 aromatic carbocycles. The van der Waals surface area contributed by atoms with Crippen LogP contribution in [0.25, 0.3) is 0 Å². The quantitative estimate of drug-likeness (QED) is 0.761. The largest absolute Gasteiger partial charge is 0.360 e. The fourth-order valence-corrected chi connectivity index (χ4v) is 1.86. The van der Waals surface area contributed by atoms with Crippen molar-refractivity contribution in [2.24, 2.45) is 0 Å². The Balaban J connectivity index is 1.77. The van der Waals surface area contributed by atoms with Gasteiger partial charge in [0.05, 0.1) is 11.6 Å². The molecule has 7 heteroatoms. The van der Waals surface area contributed by atoms with E-state index in [1.165, 1.54) is 6.33 Å². The normalized spacial score (nSPS) is 10.0. The number of hydrogen-bond donors (Lipinski definition) is 2. The zero-order valence-electron chi connectivity index (χ0n) is 11.7. The molecule has 22 heavy (non-hydrogen) atoms. The molecule has 0 unspecified atom stereocenters. The van der Waals surface area contributed by atoms with E-state index in [0.717, 1.165) is 5.69 Å². The van der Waals surface area contributed by atoms with E-state index in [1.807, 2.05) is 13.0 Å². The Labute approximate surface area is 126 Å². The van der Waals surface area contributed by atoms with Crippen LogP contribution in [0.2, 0.25) is 0 Å². The van der Waals surface area contributed by atoms with E-state index in [2.05, 4.69) is 31.8 Å². The summed E-state index contributed by atoms with van der Waals surface area (Å²) in [6.07, 6.45) is 1.44. The van der Waals surface area contributed by atoms with E-state index in [1.54, 1.807) is 30.3 Å². The monoisotopic (exact) mass is 292 g/mol. The van der Waals surface area contributed by atoms with E-state index in [4.69, 9.17) is 9.78 Å². The topological polar surface area (TPSA) is 99.7 Å². The molecule has 3 aromatic rings. The maximum atomic E-state index is 8.91. The summed E-state index contributed by atoms with van der Waals surface area (Å²) in [6.45, 7) is 1.81. The van der Waals surface area contributed by atoms with Crippen LogP contribution in [0.5, 0.6) is 0 Å². The lowest BCUT2D eigenvalue weighted by Gasteiger charge is -2.07. The standard InChI is InChI=1S/C15H12N6O/c1-10-5-15(21-22-10)20-14-7-13(17-9-18-14)19-12-4-2-3-11(6-12)8-16/h2-7,9H,1H3,(H2,17,18,19,20,21). The molecule has 0 bridgehead atoms. The van der Waals surface area contributed by atoms with Crippen LogP contribution < -0.4 is 10.6 Å². The average Bonchev–Trinajstić information content (AvgIpc) is 2.93. The fourth-order valence-electron chi connectivity index (χ4n) is 1.86. The lowest BCUT2D eigenvalue weighted by atomic mass is 10.2. The van der Waals surface area contributed by atoms with Gasteiger partial charge in [-0.1, -0.05) is 11.2 Å². The van der Waals surface area contributed by atoms with Crippen molar-refractivity contribution in [2.45, 2.75) is 6.92 Å². The van der Waals surface area contributed by atoms with Gasteiger partial charge < -0.3 is 15.2 Å². The van der Waals surface area contributed by atoms with Crippen LogP contribution in [-0.2, 0) is 0 Å². The van der Waals surface area contributed by atoms with E-state index in [9.17, 15) is 0 Å². The van der Waals surface area contributed by atoms with Crippen LogP contribution in [0.4, 0.5) is 23.1 Å². The van der Waals surface area contributed by atoms with Gasteiger partial charge in [-0.25, -0.2) is 9.97 Å². The van der Waals surface area contributed by atoms with Gasteiger partial charge in [0.15, 0.2) is 5.82 Å². The van der Waals surface area contributed by atoms with E-state index in [-0.39, 0.29) is 0 Å². The second-order valence-electron chi connectivity index (χ2n) is 4.55. The second kappa shape index (κ2) is 5.93. The molecule has 0 aliphatic carbocycles. The van der Waals surface area contributed by atoms with Crippen molar-refractivity contribution in [1.29, 1.82) is 5.26 Å². The minimum absolute atomic E-state index is 0.577. The third-order valence-electron chi connectivity index (χ3n) is 2.82. The van der Waals surface area contributed by atoms with Gasteiger partial charge in [0.25, 0.3) is 0 Å². The van der Waals surface area contributed by atoms with Crippen LogP contribution in [0.1, 0.15) is 11.3 Å². The highest BCUT2D eigenvalue weighted by molar-refractivity contribution is 5.62. The summed E-state index contributed by atoms with van der Waals surface area (Å²) in [7, 11) is 0. The Morgan fingerprint density at radius 1 is 1.05 bits per heavy atom. The molecule has 2 aromatic heterocycles. The number of nitrogens with one attached hydrogen (secondary N) is 2. The summed E-state index contributed by atoms with van der Waals surface area (Å²) in [5, 5.41) is 18.9. The number of nitriles is 1. The number of hydrogen-bond acceptors (Lipinski definition) is 7. The summed E-state index contributed by atoms with van der Waals surface area (Å²) in [6, 6.07) is 12.8. The minimum atomic E-state index is 0.577. The minimum Gasteiger partial charge on any atom is -0.360 e. The van der Waals surface area contributed by atoms with Crippen molar-refractivity contribution >= 4 is 23.1 Å². The van der Waals surface area contributed by atoms with Crippen molar-refractivity contribution < 1.29 is 4.52 Å². The number of aromatic nitrogens is 3.